The number of halogens is 4. The van der Waals surface area contributed by atoms with E-state index in [-0.39, 0.29) is 35.1 Å². The number of anilines is 1. The van der Waals surface area contributed by atoms with Crippen LogP contribution in [0.25, 0.3) is 22.3 Å². The molecule has 1 aliphatic carbocycles. The van der Waals surface area contributed by atoms with Crippen LogP contribution < -0.4 is 15.1 Å². The summed E-state index contributed by atoms with van der Waals surface area (Å²) < 4.78 is 84.0. The first-order valence-corrected chi connectivity index (χ1v) is 13.5. The van der Waals surface area contributed by atoms with E-state index in [1.54, 1.807) is 12.1 Å². The Labute approximate surface area is 234 Å². The van der Waals surface area contributed by atoms with E-state index < -0.39 is 47.3 Å². The molecule has 8 nitrogen and oxygen atoms in total. The minimum Gasteiger partial charge on any atom is -0.455 e. The molecule has 0 radical (unpaired) electrons. The highest BCUT2D eigenvalue weighted by atomic mass is 32.2. The lowest BCUT2D eigenvalue weighted by Crippen LogP contribution is -2.36. The molecule has 1 unspecified atom stereocenters. The molecule has 0 bridgehead atoms. The summed E-state index contributed by atoms with van der Waals surface area (Å²) in [5.41, 5.74) is -0.285. The Balaban J connectivity index is 1.64. The number of carbonyl (C=O) groups is 1. The highest BCUT2D eigenvalue weighted by Gasteiger charge is 2.37. The van der Waals surface area contributed by atoms with Crippen molar-refractivity contribution in [1.82, 2.24) is 5.32 Å². The van der Waals surface area contributed by atoms with Gasteiger partial charge in [-0.1, -0.05) is 6.07 Å². The largest absolute Gasteiger partial charge is 0.489 e. The van der Waals surface area contributed by atoms with Gasteiger partial charge in [-0.2, -0.15) is 13.2 Å². The molecule has 214 valence electrons. The minimum absolute atomic E-state index is 0.0581. The molecule has 5 rings (SSSR count). The number of hydrogen-bond acceptors (Lipinski definition) is 5. The predicted octanol–water partition coefficient (Wildman–Crippen LogP) is 4.32. The monoisotopic (exact) mass is 590 g/mol. The minimum atomic E-state index is -4.96. The lowest BCUT2D eigenvalue weighted by atomic mass is 9.76. The van der Waals surface area contributed by atoms with Crippen molar-refractivity contribution in [2.24, 2.45) is 0 Å². The zero-order valence-corrected chi connectivity index (χ0v) is 22.2. The number of fused-ring (bicyclic) bond motifs is 1. The van der Waals surface area contributed by atoms with E-state index in [0.717, 1.165) is 34.8 Å². The van der Waals surface area contributed by atoms with Gasteiger partial charge in [-0.25, -0.2) is 8.60 Å². The van der Waals surface area contributed by atoms with Crippen molar-refractivity contribution in [2.75, 3.05) is 11.4 Å². The van der Waals surface area contributed by atoms with Crippen molar-refractivity contribution in [3.63, 3.8) is 0 Å². The van der Waals surface area contributed by atoms with Crippen LogP contribution in [0, 0.1) is 5.82 Å². The average Bonchev–Trinajstić information content (AvgIpc) is 3.70. The smallest absolute Gasteiger partial charge is 0.455 e. The molecule has 4 N–H and O–H groups in total. The summed E-state index contributed by atoms with van der Waals surface area (Å²) in [4.78, 5) is 12.9. The van der Waals surface area contributed by atoms with E-state index in [9.17, 15) is 41.2 Å². The van der Waals surface area contributed by atoms with E-state index in [2.05, 4.69) is 5.32 Å². The number of alkyl halides is 3. The van der Waals surface area contributed by atoms with Gasteiger partial charge in [0, 0.05) is 18.0 Å². The molecule has 41 heavy (non-hydrogen) atoms. The van der Waals surface area contributed by atoms with Crippen LogP contribution in [0.15, 0.2) is 59.0 Å². The molecule has 0 spiro atoms. The van der Waals surface area contributed by atoms with Crippen molar-refractivity contribution >= 4 is 46.4 Å². The Morgan fingerprint density at radius 2 is 1.80 bits per heavy atom. The fourth-order valence-electron chi connectivity index (χ4n) is 4.83. The van der Waals surface area contributed by atoms with Gasteiger partial charge in [-0.15, -0.1) is 0 Å². The third-order valence-corrected chi connectivity index (χ3v) is 7.66. The highest BCUT2D eigenvalue weighted by molar-refractivity contribution is 7.80. The van der Waals surface area contributed by atoms with Crippen LogP contribution in [0.3, 0.4) is 0 Å². The van der Waals surface area contributed by atoms with Crippen molar-refractivity contribution in [3.8, 4) is 11.3 Å². The van der Waals surface area contributed by atoms with E-state index in [4.69, 9.17) is 4.42 Å². The molecule has 1 aromatic heterocycles. The first kappa shape index (κ1) is 28.8. The third-order valence-electron chi connectivity index (χ3n) is 6.94. The van der Waals surface area contributed by atoms with Crippen molar-refractivity contribution < 1.29 is 45.6 Å². The number of nitrogens with zero attached hydrogens (tertiary/aromatic N) is 1. The summed E-state index contributed by atoms with van der Waals surface area (Å²) in [5.74, 6) is -0.671. The van der Waals surface area contributed by atoms with E-state index in [0.29, 0.717) is 22.6 Å². The lowest BCUT2D eigenvalue weighted by molar-refractivity contribution is -0.136. The summed E-state index contributed by atoms with van der Waals surface area (Å²) >= 11 is -2.77. The molecule has 1 heterocycles. The quantitative estimate of drug-likeness (QED) is 0.138. The van der Waals surface area contributed by atoms with Crippen LogP contribution in [-0.2, 0) is 24.0 Å². The summed E-state index contributed by atoms with van der Waals surface area (Å²) in [5, 5.41) is 21.8. The Kier molecular flexibility index (Phi) is 7.68. The van der Waals surface area contributed by atoms with E-state index in [1.165, 1.54) is 31.3 Å². The normalized spacial score (nSPS) is 14.2. The number of amides is 1. The summed E-state index contributed by atoms with van der Waals surface area (Å²) in [7, 11) is -0.947. The van der Waals surface area contributed by atoms with Crippen molar-refractivity contribution in [1.29, 1.82) is 0 Å². The molecule has 1 aliphatic rings. The first-order valence-electron chi connectivity index (χ1n) is 12.4. The molecule has 4 aromatic rings. The Hall–Kier alpha value is -3.72. The maximum absolute atomic E-state index is 13.7. The number of furan rings is 1. The van der Waals surface area contributed by atoms with Gasteiger partial charge in [-0.3, -0.25) is 13.7 Å². The third kappa shape index (κ3) is 5.73. The molecule has 0 aliphatic heterocycles. The van der Waals surface area contributed by atoms with Crippen LogP contribution in [0.4, 0.5) is 23.2 Å². The second-order valence-electron chi connectivity index (χ2n) is 9.62. The van der Waals surface area contributed by atoms with Crippen molar-refractivity contribution in [3.05, 3.63) is 82.7 Å². The van der Waals surface area contributed by atoms with Crippen LogP contribution >= 0.6 is 0 Å². The standard InChI is InChI=1S/C27H23BF4N2O6S/c1-33-26(35)24-20-12-19(14-2-3-14)16(10-23(20)40-25(24)15-4-6-17(29)7-5-15)13-34(41(38)39)18-8-9-22(28(36)37)21(11-18)27(30,31)32/h4-12,14,36-37H,2-3,13H2,1H3,(H,33,35)(H,38,39). The zero-order chi connectivity index (χ0) is 29.6. The molecule has 3 aromatic carbocycles. The van der Waals surface area contributed by atoms with E-state index in [1.807, 2.05) is 0 Å². The molecule has 1 amide bonds. The zero-order valence-electron chi connectivity index (χ0n) is 21.4. The van der Waals surface area contributed by atoms with Gasteiger partial charge >= 0.3 is 13.3 Å². The van der Waals surface area contributed by atoms with Gasteiger partial charge in [0.25, 0.3) is 17.2 Å². The maximum atomic E-state index is 13.7. The van der Waals surface area contributed by atoms with Gasteiger partial charge < -0.3 is 19.8 Å². The fourth-order valence-corrected chi connectivity index (χ4v) is 5.37. The first-order chi connectivity index (χ1) is 19.4. The number of hydrogen-bond donors (Lipinski definition) is 4. The fraction of sp³-hybridized carbons (Fsp3) is 0.222. The van der Waals surface area contributed by atoms with E-state index >= 15 is 0 Å². The van der Waals surface area contributed by atoms with Crippen LogP contribution in [0.1, 0.15) is 45.8 Å². The number of benzene rings is 3. The number of carbonyl (C=O) groups excluding carboxylic acids is 1. The highest BCUT2D eigenvalue weighted by Crippen LogP contribution is 2.45. The van der Waals surface area contributed by atoms with Crippen LogP contribution in [0.5, 0.6) is 0 Å². The SMILES string of the molecule is CNC(=O)c1c(-c2ccc(F)cc2)oc2cc(CN(c3ccc(B(O)O)c(C(F)(F)F)c3)S(=O)O)c(C3CC3)cc12. The van der Waals surface area contributed by atoms with Crippen LogP contribution in [-0.4, -0.2) is 38.9 Å². The lowest BCUT2D eigenvalue weighted by Gasteiger charge is -2.24. The second kappa shape index (κ2) is 10.9. The Bertz CT molecular complexity index is 1650. The molecule has 1 saturated carbocycles. The summed E-state index contributed by atoms with van der Waals surface area (Å²) in [6, 6.07) is 11.2. The van der Waals surface area contributed by atoms with Gasteiger partial charge in [0.15, 0.2) is 0 Å². The summed E-state index contributed by atoms with van der Waals surface area (Å²) in [6.07, 6.45) is -3.35. The van der Waals surface area contributed by atoms with Crippen molar-refractivity contribution in [2.45, 2.75) is 31.5 Å². The molecular formula is C27H23BF4N2O6S. The topological polar surface area (TPSA) is 123 Å². The van der Waals surface area contributed by atoms with Gasteiger partial charge in [-0.05, 0) is 83.9 Å². The maximum Gasteiger partial charge on any atom is 0.489 e. The number of nitrogens with one attached hydrogen (secondary N) is 1. The molecule has 0 saturated heterocycles. The molecule has 1 fully saturated rings. The van der Waals surface area contributed by atoms with Gasteiger partial charge in [0.1, 0.15) is 17.2 Å². The summed E-state index contributed by atoms with van der Waals surface area (Å²) in [6.45, 7) is -0.301. The van der Waals surface area contributed by atoms with Crippen LogP contribution in [0.2, 0.25) is 0 Å². The van der Waals surface area contributed by atoms with Gasteiger partial charge in [0.05, 0.1) is 23.4 Å². The Morgan fingerprint density at radius 1 is 1.12 bits per heavy atom. The predicted molar refractivity (Wildman–Crippen MR) is 145 cm³/mol. The second-order valence-corrected chi connectivity index (χ2v) is 10.5. The Morgan fingerprint density at radius 3 is 2.37 bits per heavy atom. The molecule has 1 atom stereocenters. The number of rotatable bonds is 8. The average molecular weight is 590 g/mol. The van der Waals surface area contributed by atoms with Gasteiger partial charge in [0.2, 0.25) is 0 Å². The molecular weight excluding hydrogens is 567 g/mol. The molecule has 14 heteroatoms.